The van der Waals surface area contributed by atoms with E-state index in [0.717, 1.165) is 25.7 Å². The van der Waals surface area contributed by atoms with Crippen LogP contribution in [0.3, 0.4) is 0 Å². The zero-order valence-corrected chi connectivity index (χ0v) is 13.9. The molecular weight excluding hydrogens is 292 g/mol. The Balaban J connectivity index is 1.71. The van der Waals surface area contributed by atoms with E-state index < -0.39 is 5.97 Å². The van der Waals surface area contributed by atoms with Crippen LogP contribution < -0.4 is 0 Å². The number of carboxylic acids is 1. The fraction of sp³-hybridized carbons (Fsp3) is 0.421. The average molecular weight is 316 g/mol. The van der Waals surface area contributed by atoms with E-state index in [0.29, 0.717) is 0 Å². The lowest BCUT2D eigenvalue weighted by Crippen LogP contribution is -2.04. The summed E-state index contributed by atoms with van der Waals surface area (Å²) in [5, 5.41) is 8.78. The summed E-state index contributed by atoms with van der Waals surface area (Å²) in [5.41, 5.74) is 1.40. The molecule has 1 atom stereocenters. The van der Waals surface area contributed by atoms with Crippen LogP contribution in [0.15, 0.2) is 42.5 Å². The zero-order chi connectivity index (χ0) is 15.8. The van der Waals surface area contributed by atoms with Crippen molar-refractivity contribution in [2.45, 2.75) is 45.4 Å². The number of aliphatic carboxylic acids is 1. The highest BCUT2D eigenvalue weighted by atomic mass is 32.1. The first kappa shape index (κ1) is 16.8. The lowest BCUT2D eigenvalue weighted by molar-refractivity contribution is -0.138. The van der Waals surface area contributed by atoms with E-state index in [1.165, 1.54) is 21.7 Å². The number of benzene rings is 1. The summed E-state index contributed by atoms with van der Waals surface area (Å²) in [7, 11) is 0. The minimum Gasteiger partial charge on any atom is -0.481 e. The lowest BCUT2D eigenvalue weighted by Gasteiger charge is -2.06. The van der Waals surface area contributed by atoms with Crippen LogP contribution in [-0.2, 0) is 24.1 Å². The first-order valence-corrected chi connectivity index (χ1v) is 8.78. The molecule has 2 rings (SSSR count). The molecule has 0 radical (unpaired) electrons. The average Bonchev–Trinajstić information content (AvgIpc) is 2.93. The highest BCUT2D eigenvalue weighted by molar-refractivity contribution is 7.11. The Morgan fingerprint density at radius 3 is 2.41 bits per heavy atom. The van der Waals surface area contributed by atoms with Gasteiger partial charge in [0.2, 0.25) is 0 Å². The largest absolute Gasteiger partial charge is 0.481 e. The normalized spacial score (nSPS) is 12.2. The second-order valence-electron chi connectivity index (χ2n) is 5.95. The van der Waals surface area contributed by atoms with Gasteiger partial charge in [0.1, 0.15) is 0 Å². The number of carbonyl (C=O) groups is 1. The Labute approximate surface area is 136 Å². The monoisotopic (exact) mass is 316 g/mol. The van der Waals surface area contributed by atoms with E-state index in [2.05, 4.69) is 42.5 Å². The van der Waals surface area contributed by atoms with Crippen LogP contribution in [0.25, 0.3) is 0 Å². The number of rotatable bonds is 9. The Bertz CT molecular complexity index is 574. The van der Waals surface area contributed by atoms with E-state index in [-0.39, 0.29) is 12.3 Å². The zero-order valence-electron chi connectivity index (χ0n) is 13.1. The topological polar surface area (TPSA) is 37.3 Å². The molecule has 0 fully saturated rings. The lowest BCUT2D eigenvalue weighted by atomic mass is 10.0. The predicted molar refractivity (Wildman–Crippen MR) is 92.5 cm³/mol. The van der Waals surface area contributed by atoms with E-state index in [1.807, 2.05) is 18.3 Å². The summed E-state index contributed by atoms with van der Waals surface area (Å²) in [5.74, 6) is -0.443. The van der Waals surface area contributed by atoms with Crippen LogP contribution >= 0.6 is 11.3 Å². The highest BCUT2D eigenvalue weighted by Crippen LogP contribution is 2.22. The molecule has 1 heterocycles. The van der Waals surface area contributed by atoms with Crippen molar-refractivity contribution in [3.05, 3.63) is 57.8 Å². The molecule has 0 bridgehead atoms. The van der Waals surface area contributed by atoms with Gasteiger partial charge in [-0.25, -0.2) is 0 Å². The van der Waals surface area contributed by atoms with Gasteiger partial charge in [-0.3, -0.25) is 4.79 Å². The van der Waals surface area contributed by atoms with E-state index >= 15 is 0 Å². The molecule has 118 valence electrons. The third-order valence-electron chi connectivity index (χ3n) is 3.86. The molecule has 0 saturated heterocycles. The van der Waals surface area contributed by atoms with E-state index in [9.17, 15) is 4.79 Å². The van der Waals surface area contributed by atoms with Gasteiger partial charge in [-0.2, -0.15) is 0 Å². The SMILES string of the molecule is CC(CCc1ccc(CCCc2ccccc2)s1)CC(=O)O. The maximum atomic E-state index is 10.7. The van der Waals surface area contributed by atoms with Crippen molar-refractivity contribution in [2.75, 3.05) is 0 Å². The molecule has 0 aliphatic rings. The molecule has 1 N–H and O–H groups in total. The second kappa shape index (κ2) is 8.74. The van der Waals surface area contributed by atoms with Crippen LogP contribution in [0.5, 0.6) is 0 Å². The minimum atomic E-state index is -0.694. The smallest absolute Gasteiger partial charge is 0.303 e. The van der Waals surface area contributed by atoms with Gasteiger partial charge in [0.05, 0.1) is 0 Å². The van der Waals surface area contributed by atoms with Gasteiger partial charge in [0, 0.05) is 16.2 Å². The maximum absolute atomic E-state index is 10.7. The van der Waals surface area contributed by atoms with Gasteiger partial charge in [-0.15, -0.1) is 11.3 Å². The van der Waals surface area contributed by atoms with E-state index in [4.69, 9.17) is 5.11 Å². The van der Waals surface area contributed by atoms with Crippen LogP contribution in [0.2, 0.25) is 0 Å². The molecule has 0 amide bonds. The Morgan fingerprint density at radius 2 is 1.73 bits per heavy atom. The van der Waals surface area contributed by atoms with Crippen LogP contribution in [0.1, 0.15) is 41.5 Å². The number of aryl methyl sites for hydroxylation is 3. The number of carboxylic acid groups (broad SMARTS) is 1. The summed E-state index contributed by atoms with van der Waals surface area (Å²) in [4.78, 5) is 13.5. The molecule has 0 saturated carbocycles. The molecule has 1 aromatic heterocycles. The molecule has 2 aromatic rings. The third kappa shape index (κ3) is 6.02. The van der Waals surface area contributed by atoms with Crippen molar-refractivity contribution < 1.29 is 9.90 Å². The maximum Gasteiger partial charge on any atom is 0.303 e. The van der Waals surface area contributed by atoms with Crippen molar-refractivity contribution in [2.24, 2.45) is 5.92 Å². The van der Waals surface area contributed by atoms with Crippen molar-refractivity contribution in [1.82, 2.24) is 0 Å². The van der Waals surface area contributed by atoms with Crippen LogP contribution in [0.4, 0.5) is 0 Å². The first-order valence-electron chi connectivity index (χ1n) is 7.97. The number of hydrogen-bond donors (Lipinski definition) is 1. The summed E-state index contributed by atoms with van der Waals surface area (Å²) in [6, 6.07) is 15.0. The quantitative estimate of drug-likeness (QED) is 0.709. The summed E-state index contributed by atoms with van der Waals surface area (Å²) < 4.78 is 0. The molecule has 0 aliphatic carbocycles. The van der Waals surface area contributed by atoms with Crippen LogP contribution in [-0.4, -0.2) is 11.1 Å². The van der Waals surface area contributed by atoms with Gasteiger partial charge >= 0.3 is 5.97 Å². The molecule has 0 spiro atoms. The predicted octanol–water partition coefficient (Wildman–Crippen LogP) is 4.97. The van der Waals surface area contributed by atoms with Gasteiger partial charge in [0.15, 0.2) is 0 Å². The molecule has 22 heavy (non-hydrogen) atoms. The Morgan fingerprint density at radius 1 is 1.05 bits per heavy atom. The molecule has 3 heteroatoms. The second-order valence-corrected chi connectivity index (χ2v) is 7.20. The fourth-order valence-electron chi connectivity index (χ4n) is 2.59. The molecule has 1 unspecified atom stereocenters. The summed E-state index contributed by atoms with van der Waals surface area (Å²) in [6.45, 7) is 2.02. The Kier molecular flexibility index (Phi) is 6.66. The van der Waals surface area contributed by atoms with E-state index in [1.54, 1.807) is 0 Å². The van der Waals surface area contributed by atoms with Gasteiger partial charge in [0.25, 0.3) is 0 Å². The Hall–Kier alpha value is -1.61. The van der Waals surface area contributed by atoms with Gasteiger partial charge in [-0.1, -0.05) is 37.3 Å². The van der Waals surface area contributed by atoms with Crippen molar-refractivity contribution in [3.8, 4) is 0 Å². The fourth-order valence-corrected chi connectivity index (χ4v) is 3.67. The van der Waals surface area contributed by atoms with Gasteiger partial charge < -0.3 is 5.11 Å². The molecular formula is C19H24O2S. The van der Waals surface area contributed by atoms with Crippen molar-refractivity contribution in [1.29, 1.82) is 0 Å². The minimum absolute atomic E-state index is 0.251. The van der Waals surface area contributed by atoms with Crippen molar-refractivity contribution in [3.63, 3.8) is 0 Å². The van der Waals surface area contributed by atoms with Crippen molar-refractivity contribution >= 4 is 17.3 Å². The summed E-state index contributed by atoms with van der Waals surface area (Å²) >= 11 is 1.88. The standard InChI is InChI=1S/C19H24O2S/c1-15(14-19(20)21)10-11-18-13-12-17(22-18)9-5-8-16-6-3-2-4-7-16/h2-4,6-7,12-13,15H,5,8-11,14H2,1H3,(H,20,21). The van der Waals surface area contributed by atoms with Gasteiger partial charge in [-0.05, 0) is 55.7 Å². The summed E-state index contributed by atoms with van der Waals surface area (Å²) in [6.07, 6.45) is 5.66. The first-order chi connectivity index (χ1) is 10.6. The number of hydrogen-bond acceptors (Lipinski definition) is 2. The van der Waals surface area contributed by atoms with Crippen LogP contribution in [0, 0.1) is 5.92 Å². The third-order valence-corrected chi connectivity index (χ3v) is 5.06. The number of thiophene rings is 1. The highest BCUT2D eigenvalue weighted by Gasteiger charge is 2.08. The molecule has 0 aliphatic heterocycles. The molecule has 2 nitrogen and oxygen atoms in total. The molecule has 1 aromatic carbocycles.